The highest BCUT2D eigenvalue weighted by molar-refractivity contribution is 5.80. The molecule has 0 spiro atoms. The van der Waals surface area contributed by atoms with E-state index >= 15 is 0 Å². The van der Waals surface area contributed by atoms with Crippen molar-refractivity contribution in [1.29, 1.82) is 0 Å². The number of carbonyl (C=O) groups is 1. The van der Waals surface area contributed by atoms with Crippen molar-refractivity contribution in [2.45, 2.75) is 38.5 Å². The Morgan fingerprint density at radius 1 is 1.50 bits per heavy atom. The summed E-state index contributed by atoms with van der Waals surface area (Å²) in [6, 6.07) is 5.36. The molecule has 1 aromatic carbocycles. The molecule has 20 heavy (non-hydrogen) atoms. The van der Waals surface area contributed by atoms with Crippen molar-refractivity contribution in [3.05, 3.63) is 29.6 Å². The molecule has 1 aromatic rings. The van der Waals surface area contributed by atoms with Crippen LogP contribution in [0.5, 0.6) is 5.75 Å². The largest absolute Gasteiger partial charge is 0.477 e. The zero-order valence-electron chi connectivity index (χ0n) is 12.1. The Balaban J connectivity index is 2.09. The topological polar surface area (TPSA) is 41.6 Å². The van der Waals surface area contributed by atoms with Crippen LogP contribution in [0.3, 0.4) is 0 Å². The first-order chi connectivity index (χ1) is 9.49. The molecule has 110 valence electrons. The van der Waals surface area contributed by atoms with Crippen molar-refractivity contribution in [3.8, 4) is 5.75 Å². The van der Waals surface area contributed by atoms with E-state index in [0.717, 1.165) is 5.56 Å². The third kappa shape index (κ3) is 3.70. The average Bonchev–Trinajstić information content (AvgIpc) is 3.22. The van der Waals surface area contributed by atoms with E-state index in [9.17, 15) is 9.18 Å². The SMILES string of the molecule is CC(Oc1c(F)cccc1CNC1CC1)C(=O)N(C)C. The predicted octanol–water partition coefficient (Wildman–Crippen LogP) is 1.93. The zero-order chi connectivity index (χ0) is 14.7. The van der Waals surface area contributed by atoms with Gasteiger partial charge in [-0.1, -0.05) is 12.1 Å². The molecule has 1 atom stereocenters. The Bertz CT molecular complexity index is 487. The fraction of sp³-hybridized carbons (Fsp3) is 0.533. The third-order valence-corrected chi connectivity index (χ3v) is 3.29. The standard InChI is InChI=1S/C15H21FN2O2/c1-10(15(19)18(2)3)20-14-11(5-4-6-13(14)16)9-17-12-7-8-12/h4-6,10,12,17H,7-9H2,1-3H3. The van der Waals surface area contributed by atoms with E-state index in [1.54, 1.807) is 27.1 Å². The molecular weight excluding hydrogens is 259 g/mol. The lowest BCUT2D eigenvalue weighted by Crippen LogP contribution is -2.35. The Morgan fingerprint density at radius 2 is 2.20 bits per heavy atom. The number of nitrogens with one attached hydrogen (secondary N) is 1. The van der Waals surface area contributed by atoms with E-state index in [-0.39, 0.29) is 11.7 Å². The Labute approximate surface area is 118 Å². The summed E-state index contributed by atoms with van der Waals surface area (Å²) in [6.07, 6.45) is 1.63. The first kappa shape index (κ1) is 14.8. The molecule has 0 heterocycles. The van der Waals surface area contributed by atoms with Crippen LogP contribution in [0.25, 0.3) is 0 Å². The van der Waals surface area contributed by atoms with Crippen LogP contribution in [0.2, 0.25) is 0 Å². The third-order valence-electron chi connectivity index (χ3n) is 3.29. The summed E-state index contributed by atoms with van der Waals surface area (Å²) < 4.78 is 19.5. The molecule has 0 aliphatic heterocycles. The molecule has 5 heteroatoms. The molecule has 1 aliphatic carbocycles. The summed E-state index contributed by atoms with van der Waals surface area (Å²) in [4.78, 5) is 13.2. The number of rotatable bonds is 6. The molecule has 1 amide bonds. The van der Waals surface area contributed by atoms with Crippen LogP contribution in [-0.4, -0.2) is 37.0 Å². The van der Waals surface area contributed by atoms with Crippen LogP contribution in [0.1, 0.15) is 25.3 Å². The second-order valence-corrected chi connectivity index (χ2v) is 5.38. The lowest BCUT2D eigenvalue weighted by Gasteiger charge is -2.20. The summed E-state index contributed by atoms with van der Waals surface area (Å²) in [7, 11) is 3.30. The van der Waals surface area contributed by atoms with Gasteiger partial charge in [0, 0.05) is 32.2 Å². The lowest BCUT2D eigenvalue weighted by atomic mass is 10.2. The number of likely N-dealkylation sites (N-methyl/N-ethyl adjacent to an activating group) is 1. The maximum Gasteiger partial charge on any atom is 0.262 e. The first-order valence-electron chi connectivity index (χ1n) is 6.87. The van der Waals surface area contributed by atoms with Gasteiger partial charge in [0.1, 0.15) is 0 Å². The molecular formula is C15H21FN2O2. The number of nitrogens with zero attached hydrogens (tertiary/aromatic N) is 1. The number of para-hydroxylation sites is 1. The first-order valence-corrected chi connectivity index (χ1v) is 6.87. The fourth-order valence-corrected chi connectivity index (χ4v) is 1.96. The molecule has 1 N–H and O–H groups in total. The van der Waals surface area contributed by atoms with E-state index in [4.69, 9.17) is 4.74 Å². The van der Waals surface area contributed by atoms with Crippen molar-refractivity contribution in [1.82, 2.24) is 10.2 Å². The van der Waals surface area contributed by atoms with Gasteiger partial charge in [-0.2, -0.15) is 0 Å². The van der Waals surface area contributed by atoms with E-state index in [1.165, 1.54) is 23.8 Å². The smallest absolute Gasteiger partial charge is 0.262 e. The molecule has 1 unspecified atom stereocenters. The van der Waals surface area contributed by atoms with Crippen LogP contribution in [-0.2, 0) is 11.3 Å². The van der Waals surface area contributed by atoms with Gasteiger partial charge in [-0.3, -0.25) is 4.79 Å². The van der Waals surface area contributed by atoms with E-state index in [2.05, 4.69) is 5.32 Å². The minimum Gasteiger partial charge on any atom is -0.477 e. The monoisotopic (exact) mass is 280 g/mol. The van der Waals surface area contributed by atoms with Crippen LogP contribution in [0, 0.1) is 5.82 Å². The second kappa shape index (κ2) is 6.22. The van der Waals surface area contributed by atoms with Crippen LogP contribution in [0.15, 0.2) is 18.2 Å². The molecule has 1 saturated carbocycles. The van der Waals surface area contributed by atoms with Crippen molar-refractivity contribution in [2.24, 2.45) is 0 Å². The van der Waals surface area contributed by atoms with Gasteiger partial charge in [0.05, 0.1) is 0 Å². The number of benzene rings is 1. The predicted molar refractivity (Wildman–Crippen MR) is 75.0 cm³/mol. The molecule has 1 aliphatic rings. The van der Waals surface area contributed by atoms with Gasteiger partial charge >= 0.3 is 0 Å². The summed E-state index contributed by atoms with van der Waals surface area (Å²) in [6.45, 7) is 2.19. The van der Waals surface area contributed by atoms with E-state index in [0.29, 0.717) is 12.6 Å². The zero-order valence-corrected chi connectivity index (χ0v) is 12.1. The summed E-state index contributed by atoms with van der Waals surface area (Å²) >= 11 is 0. The Morgan fingerprint density at radius 3 is 2.80 bits per heavy atom. The maximum absolute atomic E-state index is 13.9. The van der Waals surface area contributed by atoms with Crippen molar-refractivity contribution < 1.29 is 13.9 Å². The maximum atomic E-state index is 13.9. The number of halogens is 1. The number of carbonyl (C=O) groups excluding carboxylic acids is 1. The van der Waals surface area contributed by atoms with Crippen molar-refractivity contribution >= 4 is 5.91 Å². The Kier molecular flexibility index (Phi) is 4.60. The molecule has 0 radical (unpaired) electrons. The highest BCUT2D eigenvalue weighted by Gasteiger charge is 2.23. The molecule has 0 saturated heterocycles. The molecule has 2 rings (SSSR count). The number of ether oxygens (including phenoxy) is 1. The number of hydrogen-bond acceptors (Lipinski definition) is 3. The van der Waals surface area contributed by atoms with Crippen molar-refractivity contribution in [2.75, 3.05) is 14.1 Å². The quantitative estimate of drug-likeness (QED) is 0.866. The molecule has 0 aromatic heterocycles. The van der Waals surface area contributed by atoms with Gasteiger partial charge in [0.2, 0.25) is 0 Å². The highest BCUT2D eigenvalue weighted by Crippen LogP contribution is 2.26. The van der Waals surface area contributed by atoms with Gasteiger partial charge in [0.25, 0.3) is 5.91 Å². The van der Waals surface area contributed by atoms with Crippen LogP contribution in [0.4, 0.5) is 4.39 Å². The number of amides is 1. The van der Waals surface area contributed by atoms with E-state index < -0.39 is 11.9 Å². The normalized spacial score (nSPS) is 15.8. The van der Waals surface area contributed by atoms with Gasteiger partial charge in [-0.25, -0.2) is 4.39 Å². The molecule has 4 nitrogen and oxygen atoms in total. The van der Waals surface area contributed by atoms with E-state index in [1.807, 2.05) is 6.07 Å². The minimum absolute atomic E-state index is 0.170. The van der Waals surface area contributed by atoms with Gasteiger partial charge in [-0.15, -0.1) is 0 Å². The summed E-state index contributed by atoms with van der Waals surface area (Å²) in [5.41, 5.74) is 0.746. The summed E-state index contributed by atoms with van der Waals surface area (Å²) in [5, 5.41) is 3.32. The average molecular weight is 280 g/mol. The van der Waals surface area contributed by atoms with Gasteiger partial charge in [0.15, 0.2) is 17.7 Å². The minimum atomic E-state index is -0.707. The van der Waals surface area contributed by atoms with Crippen molar-refractivity contribution in [3.63, 3.8) is 0 Å². The molecule has 1 fully saturated rings. The second-order valence-electron chi connectivity index (χ2n) is 5.38. The summed E-state index contributed by atoms with van der Waals surface area (Å²) in [5.74, 6) is -0.448. The highest BCUT2D eigenvalue weighted by atomic mass is 19.1. The van der Waals surface area contributed by atoms with Crippen LogP contribution >= 0.6 is 0 Å². The number of hydrogen-bond donors (Lipinski definition) is 1. The molecule has 0 bridgehead atoms. The van der Waals surface area contributed by atoms with Gasteiger partial charge in [-0.05, 0) is 25.8 Å². The van der Waals surface area contributed by atoms with Crippen LogP contribution < -0.4 is 10.1 Å². The Hall–Kier alpha value is -1.62. The lowest BCUT2D eigenvalue weighted by molar-refractivity contribution is -0.135. The van der Waals surface area contributed by atoms with Gasteiger partial charge < -0.3 is 15.0 Å². The fourth-order valence-electron chi connectivity index (χ4n) is 1.96.